The molecule has 2 aromatic rings. The molecule has 1 heterocycles. The number of rotatable bonds is 5. The third kappa shape index (κ3) is 4.15. The first-order valence-electron chi connectivity index (χ1n) is 11.2. The van der Waals surface area contributed by atoms with Crippen molar-refractivity contribution >= 4 is 74.2 Å². The van der Waals surface area contributed by atoms with Crippen molar-refractivity contribution in [2.24, 2.45) is 23.7 Å². The number of amides is 3. The summed E-state index contributed by atoms with van der Waals surface area (Å²) in [6.07, 6.45) is 0.697. The molecule has 3 fully saturated rings. The minimum Gasteiger partial charge on any atom is -0.452 e. The normalized spacial score (nSPS) is 28.9. The summed E-state index contributed by atoms with van der Waals surface area (Å²) in [5.74, 6) is -2.78. The van der Waals surface area contributed by atoms with Gasteiger partial charge in [-0.15, -0.1) is 23.2 Å². The number of carbonyl (C=O) groups excluding carboxylic acids is 4. The zero-order chi connectivity index (χ0) is 25.0. The van der Waals surface area contributed by atoms with Crippen molar-refractivity contribution in [3.8, 4) is 0 Å². The Balaban J connectivity index is 1.21. The van der Waals surface area contributed by atoms with Gasteiger partial charge in [-0.25, -0.2) is 4.79 Å². The summed E-state index contributed by atoms with van der Waals surface area (Å²) in [4.78, 5) is 52.0. The maximum atomic E-state index is 13.1. The number of anilines is 2. The van der Waals surface area contributed by atoms with Gasteiger partial charge in [0.15, 0.2) is 6.61 Å². The van der Waals surface area contributed by atoms with Gasteiger partial charge in [-0.1, -0.05) is 15.9 Å². The maximum Gasteiger partial charge on any atom is 0.338 e. The van der Waals surface area contributed by atoms with Crippen LogP contribution >= 0.6 is 39.1 Å². The number of ether oxygens (including phenoxy) is 1. The Kier molecular flexibility index (Phi) is 6.40. The van der Waals surface area contributed by atoms with Crippen LogP contribution in [0.15, 0.2) is 46.9 Å². The van der Waals surface area contributed by atoms with Gasteiger partial charge in [0.25, 0.3) is 5.91 Å². The highest BCUT2D eigenvalue weighted by Gasteiger charge is 2.66. The van der Waals surface area contributed by atoms with Gasteiger partial charge in [0.1, 0.15) is 0 Å². The van der Waals surface area contributed by atoms with Crippen LogP contribution in [0.2, 0.25) is 0 Å². The fourth-order valence-electron chi connectivity index (χ4n) is 5.52. The van der Waals surface area contributed by atoms with Crippen molar-refractivity contribution in [3.63, 3.8) is 0 Å². The number of esters is 1. The number of hydrogen-bond acceptors (Lipinski definition) is 5. The second-order valence-electron chi connectivity index (χ2n) is 9.15. The molecular weight excluding hydrogens is 559 g/mol. The Hall–Kier alpha value is -2.42. The summed E-state index contributed by atoms with van der Waals surface area (Å²) in [5.41, 5.74) is 2.06. The van der Waals surface area contributed by atoms with Crippen LogP contribution in [0, 0.1) is 30.6 Å². The predicted octanol–water partition coefficient (Wildman–Crippen LogP) is 4.52. The summed E-state index contributed by atoms with van der Waals surface area (Å²) < 4.78 is 6.01. The molecule has 7 nitrogen and oxygen atoms in total. The van der Waals surface area contributed by atoms with E-state index in [4.69, 9.17) is 27.9 Å². The highest BCUT2D eigenvalue weighted by Crippen LogP contribution is 2.59. The molecule has 2 aromatic carbocycles. The first-order valence-corrected chi connectivity index (χ1v) is 12.8. The van der Waals surface area contributed by atoms with Gasteiger partial charge < -0.3 is 10.1 Å². The van der Waals surface area contributed by atoms with E-state index >= 15 is 0 Å². The van der Waals surface area contributed by atoms with Crippen molar-refractivity contribution in [1.29, 1.82) is 0 Å². The SMILES string of the molecule is Cc1cc(Br)ccc1NC(=O)COC(=O)c1ccc(N2C(=O)[C@@H]3[C@H]4C[C@@H]([C@H](Cl)[C@@H]4Cl)[C@@H]3C2=O)cc1. The van der Waals surface area contributed by atoms with Crippen LogP contribution in [-0.4, -0.2) is 41.1 Å². The zero-order valence-electron chi connectivity index (χ0n) is 18.5. The Labute approximate surface area is 220 Å². The number of halogens is 3. The van der Waals surface area contributed by atoms with Crippen molar-refractivity contribution in [1.82, 2.24) is 0 Å². The highest BCUT2D eigenvalue weighted by molar-refractivity contribution is 9.10. The molecule has 2 saturated carbocycles. The Bertz CT molecular complexity index is 1200. The number of hydrogen-bond donors (Lipinski definition) is 1. The minimum atomic E-state index is -0.691. The number of alkyl halides is 2. The summed E-state index contributed by atoms with van der Waals surface area (Å²) in [7, 11) is 0. The second kappa shape index (κ2) is 9.22. The molecule has 3 amide bonds. The van der Waals surface area contributed by atoms with E-state index in [0.29, 0.717) is 17.8 Å². The zero-order valence-corrected chi connectivity index (χ0v) is 21.6. The van der Waals surface area contributed by atoms with E-state index in [9.17, 15) is 19.2 Å². The molecule has 1 saturated heterocycles. The maximum absolute atomic E-state index is 13.1. The summed E-state index contributed by atoms with van der Waals surface area (Å²) in [5, 5.41) is 2.06. The highest BCUT2D eigenvalue weighted by atomic mass is 79.9. The van der Waals surface area contributed by atoms with E-state index in [0.717, 1.165) is 10.0 Å². The molecular formula is C25H21BrCl2N2O5. The van der Waals surface area contributed by atoms with Crippen molar-refractivity contribution in [2.45, 2.75) is 24.1 Å². The number of fused-ring (bicyclic) bond motifs is 5. The molecule has 0 unspecified atom stereocenters. The molecule has 2 aliphatic carbocycles. The van der Waals surface area contributed by atoms with Crippen molar-refractivity contribution in [3.05, 3.63) is 58.1 Å². The van der Waals surface area contributed by atoms with Crippen LogP contribution in [0.3, 0.4) is 0 Å². The van der Waals surface area contributed by atoms with Gasteiger partial charge in [0, 0.05) is 10.2 Å². The summed E-state index contributed by atoms with van der Waals surface area (Å²) >= 11 is 16.2. The summed E-state index contributed by atoms with van der Waals surface area (Å²) in [6, 6.07) is 11.4. The lowest BCUT2D eigenvalue weighted by Crippen LogP contribution is -2.37. The van der Waals surface area contributed by atoms with Gasteiger partial charge in [0.2, 0.25) is 11.8 Å². The number of nitrogens with zero attached hydrogens (tertiary/aromatic N) is 1. The van der Waals surface area contributed by atoms with E-state index in [1.807, 2.05) is 13.0 Å². The lowest BCUT2D eigenvalue weighted by atomic mass is 9.80. The lowest BCUT2D eigenvalue weighted by Gasteiger charge is -2.28. The third-order valence-corrected chi connectivity index (χ3v) is 8.96. The van der Waals surface area contributed by atoms with Crippen LogP contribution in [0.25, 0.3) is 0 Å². The molecule has 1 aliphatic heterocycles. The number of imide groups is 1. The Morgan fingerprint density at radius 2 is 1.63 bits per heavy atom. The van der Waals surface area contributed by atoms with Gasteiger partial charge >= 0.3 is 5.97 Å². The van der Waals surface area contributed by atoms with Gasteiger partial charge in [-0.05, 0) is 73.2 Å². The van der Waals surface area contributed by atoms with Gasteiger partial charge in [0.05, 0.1) is 33.8 Å². The average Bonchev–Trinajstić information content (AvgIpc) is 3.44. The third-order valence-electron chi connectivity index (χ3n) is 7.15. The second-order valence-corrected chi connectivity index (χ2v) is 11.1. The van der Waals surface area contributed by atoms with Crippen LogP contribution in [0.5, 0.6) is 0 Å². The smallest absolute Gasteiger partial charge is 0.338 e. The number of aryl methyl sites for hydroxylation is 1. The summed E-state index contributed by atoms with van der Waals surface area (Å²) in [6.45, 7) is 1.40. The fourth-order valence-corrected chi connectivity index (χ4v) is 6.89. The predicted molar refractivity (Wildman–Crippen MR) is 135 cm³/mol. The molecule has 5 rings (SSSR count). The fraction of sp³-hybridized carbons (Fsp3) is 0.360. The molecule has 3 aliphatic rings. The molecule has 0 aromatic heterocycles. The number of benzene rings is 2. The van der Waals surface area contributed by atoms with E-state index in [2.05, 4.69) is 21.2 Å². The number of carbonyl (C=O) groups is 4. The molecule has 0 spiro atoms. The van der Waals surface area contributed by atoms with Crippen LogP contribution in [0.4, 0.5) is 11.4 Å². The standard InChI is InChI=1S/C25H21BrCl2N2O5/c1-11-8-13(26)4-7-17(11)29-18(31)10-35-25(34)12-2-5-14(6-3-12)30-23(32)19-15-9-16(20(19)24(30)33)22(28)21(15)27/h2-8,15-16,19-22H,9-10H2,1H3,(H,29,31)/t15-,16-,19-,20+,21-,22+/m1/s1. The topological polar surface area (TPSA) is 92.8 Å². The Morgan fingerprint density at radius 1 is 1.03 bits per heavy atom. The van der Waals surface area contributed by atoms with E-state index in [1.54, 1.807) is 12.1 Å². The van der Waals surface area contributed by atoms with E-state index < -0.39 is 30.3 Å². The first-order chi connectivity index (χ1) is 16.7. The molecule has 35 heavy (non-hydrogen) atoms. The molecule has 182 valence electrons. The average molecular weight is 580 g/mol. The van der Waals surface area contributed by atoms with Crippen LogP contribution < -0.4 is 10.2 Å². The largest absolute Gasteiger partial charge is 0.452 e. The molecule has 1 N–H and O–H groups in total. The van der Waals surface area contributed by atoms with E-state index in [1.165, 1.54) is 29.2 Å². The molecule has 0 radical (unpaired) electrons. The quantitative estimate of drug-likeness (QED) is 0.319. The van der Waals surface area contributed by atoms with Crippen LogP contribution in [0.1, 0.15) is 22.3 Å². The lowest BCUT2D eigenvalue weighted by molar-refractivity contribution is -0.123. The van der Waals surface area contributed by atoms with Crippen molar-refractivity contribution < 1.29 is 23.9 Å². The molecule has 6 atom stereocenters. The van der Waals surface area contributed by atoms with Crippen LogP contribution in [-0.2, 0) is 19.1 Å². The van der Waals surface area contributed by atoms with Gasteiger partial charge in [-0.3, -0.25) is 19.3 Å². The first kappa shape index (κ1) is 24.3. The van der Waals surface area contributed by atoms with Gasteiger partial charge in [-0.2, -0.15) is 0 Å². The van der Waals surface area contributed by atoms with E-state index in [-0.39, 0.29) is 40.0 Å². The Morgan fingerprint density at radius 3 is 2.20 bits per heavy atom. The molecule has 10 heteroatoms. The monoisotopic (exact) mass is 578 g/mol. The number of nitrogens with one attached hydrogen (secondary N) is 1. The van der Waals surface area contributed by atoms with Crippen molar-refractivity contribution in [2.75, 3.05) is 16.8 Å². The molecule has 2 bridgehead atoms. The minimum absolute atomic E-state index is 0.0998.